The quantitative estimate of drug-likeness (QED) is 0.513. The van der Waals surface area contributed by atoms with Crippen LogP contribution in [0.4, 0.5) is 4.79 Å². The molecule has 0 unspecified atom stereocenters. The number of carbonyl (C=O) groups excluding carboxylic acids is 1. The zero-order valence-corrected chi connectivity index (χ0v) is 8.98. The van der Waals surface area contributed by atoms with Gasteiger partial charge in [0.25, 0.3) is 0 Å². The Morgan fingerprint density at radius 3 is 2.50 bits per heavy atom. The van der Waals surface area contributed by atoms with Crippen LogP contribution in [0, 0.1) is 0 Å². The van der Waals surface area contributed by atoms with Gasteiger partial charge in [-0.3, -0.25) is 0 Å². The van der Waals surface area contributed by atoms with Gasteiger partial charge in [0, 0.05) is 0 Å². The summed E-state index contributed by atoms with van der Waals surface area (Å²) < 4.78 is 5.39. The van der Waals surface area contributed by atoms with Crippen molar-refractivity contribution in [1.29, 1.82) is 0 Å². The van der Waals surface area contributed by atoms with Crippen molar-refractivity contribution in [2.45, 2.75) is 13.3 Å². The number of ether oxygens (including phenoxy) is 1. The number of rotatable bonds is 2. The van der Waals surface area contributed by atoms with Crippen molar-refractivity contribution in [3.8, 4) is 0 Å². The molecule has 0 bridgehead atoms. The summed E-state index contributed by atoms with van der Waals surface area (Å²) in [6, 6.07) is 0. The molecule has 0 aliphatic rings. The Morgan fingerprint density at radius 2 is 2.20 bits per heavy atom. The molecule has 1 amide bonds. The Hall–Kier alpha value is 0.736. The van der Waals surface area contributed by atoms with E-state index >= 15 is 0 Å². The second-order valence-corrected chi connectivity index (χ2v) is 2.52. The molecule has 0 fully saturated rings. The molecule has 0 saturated heterocycles. The number of nitrogens with zero attached hydrogens (tertiary/aromatic N) is 1. The number of amides is 1. The van der Waals surface area contributed by atoms with Crippen LogP contribution >= 0.6 is 25.6 Å². The maximum absolute atomic E-state index is 10.5. The average molecular weight is 194 g/mol. The van der Waals surface area contributed by atoms with Crippen molar-refractivity contribution in [2.75, 3.05) is 6.61 Å². The molecule has 0 radical (unpaired) electrons. The van der Waals surface area contributed by atoms with Gasteiger partial charge in [0.05, 0.1) is 6.61 Å². The smallest absolute Gasteiger partial charge is 1.00 e. The van der Waals surface area contributed by atoms with Gasteiger partial charge in [0.2, 0.25) is 0 Å². The molecule has 10 heavy (non-hydrogen) atoms. The van der Waals surface area contributed by atoms with Gasteiger partial charge in [0.1, 0.15) is 0 Å². The first-order chi connectivity index (χ1) is 4.18. The second-order valence-electron chi connectivity index (χ2n) is 1.40. The first-order valence-electron chi connectivity index (χ1n) is 2.53. The van der Waals surface area contributed by atoms with Crippen molar-refractivity contribution in [3.05, 3.63) is 0 Å². The molecule has 0 aromatic rings. The van der Waals surface area contributed by atoms with Crippen LogP contribution in [-0.4, -0.2) is 39.5 Å². The standard InChI is InChI=1S/C4H9NO2S2.Mg.2H/c1-2-3-7-4(6)5(8)9;;;/h8-9H,2-3H2,1H3;;;/q;+2;2*-1. The van der Waals surface area contributed by atoms with Crippen LogP contribution in [-0.2, 0) is 4.74 Å². The largest absolute Gasteiger partial charge is 2.00 e. The second kappa shape index (κ2) is 7.84. The average Bonchev–Trinajstić information content (AvgIpc) is 1.82. The fourth-order valence-corrected chi connectivity index (χ4v) is 0.363. The van der Waals surface area contributed by atoms with Gasteiger partial charge in [-0.1, -0.05) is 6.92 Å². The van der Waals surface area contributed by atoms with Crippen molar-refractivity contribution in [3.63, 3.8) is 0 Å². The molecule has 0 aliphatic heterocycles. The van der Waals surface area contributed by atoms with Gasteiger partial charge in [-0.15, -0.1) is 0 Å². The Morgan fingerprint density at radius 1 is 1.70 bits per heavy atom. The van der Waals surface area contributed by atoms with E-state index in [0.717, 1.165) is 10.1 Å². The van der Waals surface area contributed by atoms with E-state index < -0.39 is 6.09 Å². The van der Waals surface area contributed by atoms with Gasteiger partial charge in [0.15, 0.2) is 0 Å². The SMILES string of the molecule is CCCOC(=O)N(S)S.[H-].[H-].[Mg+2]. The minimum atomic E-state index is -0.538. The van der Waals surface area contributed by atoms with E-state index in [2.05, 4.69) is 30.4 Å². The molecule has 6 heteroatoms. The Kier molecular flexibility index (Phi) is 10.5. The minimum Gasteiger partial charge on any atom is -1.00 e. The molecule has 0 saturated carbocycles. The topological polar surface area (TPSA) is 29.5 Å². The summed E-state index contributed by atoms with van der Waals surface area (Å²) in [6.45, 7) is 2.32. The first-order valence-corrected chi connectivity index (χ1v) is 3.33. The molecule has 58 valence electrons. The third kappa shape index (κ3) is 6.85. The molecule has 0 atom stereocenters. The molecule has 0 aliphatic carbocycles. The van der Waals surface area contributed by atoms with Crippen LogP contribution in [0.1, 0.15) is 16.2 Å². The van der Waals surface area contributed by atoms with Crippen molar-refractivity contribution in [2.24, 2.45) is 0 Å². The normalized spacial score (nSPS) is 7.90. The molecule has 0 heterocycles. The predicted molar refractivity (Wildman–Crippen MR) is 49.4 cm³/mol. The summed E-state index contributed by atoms with van der Waals surface area (Å²) in [4.78, 5) is 10.5. The first kappa shape index (κ1) is 13.3. The summed E-state index contributed by atoms with van der Waals surface area (Å²) in [5.74, 6) is 0. The summed E-state index contributed by atoms with van der Waals surface area (Å²) in [7, 11) is 0. The number of hydrogen-bond acceptors (Lipinski definition) is 4. The predicted octanol–water partition coefficient (Wildman–Crippen LogP) is 1.37. The third-order valence-corrected chi connectivity index (χ3v) is 0.920. The van der Waals surface area contributed by atoms with E-state index in [4.69, 9.17) is 0 Å². The zero-order valence-electron chi connectivity index (χ0n) is 7.78. The van der Waals surface area contributed by atoms with E-state index in [1.807, 2.05) is 6.92 Å². The maximum Gasteiger partial charge on any atom is 2.00 e. The molecule has 0 aromatic carbocycles. The van der Waals surface area contributed by atoms with Gasteiger partial charge < -0.3 is 7.59 Å². The fourth-order valence-electron chi connectivity index (χ4n) is 0.247. The monoisotopic (exact) mass is 193 g/mol. The Bertz CT molecular complexity index is 109. The van der Waals surface area contributed by atoms with Gasteiger partial charge in [-0.25, -0.2) is 4.79 Å². The Labute approximate surface area is 90.7 Å². The molecular formula is C4H11MgNO2S2. The number of thiol groups is 2. The fraction of sp³-hybridized carbons (Fsp3) is 0.750. The Balaban J connectivity index is -0.000000107. The van der Waals surface area contributed by atoms with E-state index in [1.165, 1.54) is 0 Å². The van der Waals surface area contributed by atoms with E-state index in [9.17, 15) is 4.79 Å². The molecular weight excluding hydrogens is 182 g/mol. The summed E-state index contributed by atoms with van der Waals surface area (Å²) in [6.07, 6.45) is 0.268. The molecule has 0 spiro atoms. The van der Waals surface area contributed by atoms with Crippen LogP contribution in [0.2, 0.25) is 0 Å². The van der Waals surface area contributed by atoms with Crippen LogP contribution in [0.15, 0.2) is 0 Å². The van der Waals surface area contributed by atoms with Gasteiger partial charge >= 0.3 is 29.1 Å². The van der Waals surface area contributed by atoms with Gasteiger partial charge in [-0.05, 0) is 32.1 Å². The minimum absolute atomic E-state index is 0. The number of hydrogen-bond donors (Lipinski definition) is 2. The van der Waals surface area contributed by atoms with Crippen molar-refractivity contribution < 1.29 is 12.4 Å². The summed E-state index contributed by atoms with van der Waals surface area (Å²) in [5, 5.41) is 0. The van der Waals surface area contributed by atoms with Gasteiger partial charge in [-0.2, -0.15) is 3.71 Å². The van der Waals surface area contributed by atoms with Crippen molar-refractivity contribution in [1.82, 2.24) is 3.71 Å². The number of carbonyl (C=O) groups is 1. The van der Waals surface area contributed by atoms with E-state index in [-0.39, 0.29) is 25.9 Å². The molecule has 3 nitrogen and oxygen atoms in total. The van der Waals surface area contributed by atoms with Crippen LogP contribution in [0.5, 0.6) is 0 Å². The van der Waals surface area contributed by atoms with Crippen LogP contribution in [0.3, 0.4) is 0 Å². The summed E-state index contributed by atoms with van der Waals surface area (Å²) >= 11 is 7.18. The van der Waals surface area contributed by atoms with Crippen molar-refractivity contribution >= 4 is 54.8 Å². The maximum atomic E-state index is 10.5. The summed E-state index contributed by atoms with van der Waals surface area (Å²) in [5.41, 5.74) is 0. The third-order valence-electron chi connectivity index (χ3n) is 0.593. The van der Waals surface area contributed by atoms with E-state index in [0.29, 0.717) is 6.61 Å². The molecule has 0 N–H and O–H groups in total. The van der Waals surface area contributed by atoms with Crippen LogP contribution in [0.25, 0.3) is 0 Å². The van der Waals surface area contributed by atoms with Crippen LogP contribution < -0.4 is 0 Å². The molecule has 0 rings (SSSR count). The zero-order chi connectivity index (χ0) is 7.28. The molecule has 0 aromatic heterocycles. The van der Waals surface area contributed by atoms with E-state index in [1.54, 1.807) is 0 Å².